The van der Waals surface area contributed by atoms with Gasteiger partial charge in [-0.25, -0.2) is 22.9 Å². The van der Waals surface area contributed by atoms with Gasteiger partial charge in [-0.3, -0.25) is 0 Å². The van der Waals surface area contributed by atoms with Crippen LogP contribution in [0, 0.1) is 0 Å². The molecule has 0 fully saturated rings. The van der Waals surface area contributed by atoms with Crippen LogP contribution in [-0.2, 0) is 9.84 Å². The predicted octanol–water partition coefficient (Wildman–Crippen LogP) is 4.91. The molecule has 0 aliphatic rings. The number of hydrogen-bond acceptors (Lipinski definition) is 5. The molecule has 0 bridgehead atoms. The Balaban J connectivity index is 0.000000707. The first-order valence-corrected chi connectivity index (χ1v) is 11.5. The molecule has 0 atom stereocenters. The van der Waals surface area contributed by atoms with E-state index in [1.807, 2.05) is 82.4 Å². The van der Waals surface area contributed by atoms with Crippen molar-refractivity contribution in [3.63, 3.8) is 0 Å². The summed E-state index contributed by atoms with van der Waals surface area (Å²) < 4.78 is 25.4. The quantitative estimate of drug-likeness (QED) is 0.448. The van der Waals surface area contributed by atoms with E-state index >= 15 is 0 Å². The van der Waals surface area contributed by atoms with Gasteiger partial charge in [0.25, 0.3) is 0 Å². The molecule has 0 saturated carbocycles. The van der Waals surface area contributed by atoms with E-state index in [1.54, 1.807) is 10.6 Å². The van der Waals surface area contributed by atoms with E-state index in [2.05, 4.69) is 15.1 Å². The molecular weight excluding hydrogens is 384 g/mol. The molecule has 0 spiro atoms. The number of nitrogens with zero attached hydrogens (tertiary/aromatic N) is 4. The van der Waals surface area contributed by atoms with Crippen molar-refractivity contribution in [1.29, 1.82) is 0 Å². The summed E-state index contributed by atoms with van der Waals surface area (Å²) in [6.45, 7) is 8.00. The highest BCUT2D eigenvalue weighted by molar-refractivity contribution is 7.90. The van der Waals surface area contributed by atoms with E-state index in [0.717, 1.165) is 28.6 Å². The molecule has 0 aliphatic heterocycles. The van der Waals surface area contributed by atoms with Crippen molar-refractivity contribution in [1.82, 2.24) is 19.6 Å². The van der Waals surface area contributed by atoms with Crippen molar-refractivity contribution in [3.05, 3.63) is 67.0 Å². The Labute approximate surface area is 172 Å². The summed E-state index contributed by atoms with van der Waals surface area (Å²) in [5.74, 6) is 0. The summed E-state index contributed by atoms with van der Waals surface area (Å²) >= 11 is 0. The largest absolute Gasteiger partial charge is 0.247 e. The monoisotopic (exact) mass is 410 g/mol. The maximum atomic E-state index is 11.8. The molecule has 4 aromatic rings. The Bertz CT molecular complexity index is 1170. The minimum atomic E-state index is -3.50. The maximum absolute atomic E-state index is 11.8. The first kappa shape index (κ1) is 22.2. The van der Waals surface area contributed by atoms with Crippen LogP contribution in [0.3, 0.4) is 0 Å². The van der Waals surface area contributed by atoms with Crippen LogP contribution in [0.4, 0.5) is 0 Å². The number of pyridine rings is 1. The minimum Gasteiger partial charge on any atom is -0.240 e. The first-order chi connectivity index (χ1) is 14.0. The smallest absolute Gasteiger partial charge is 0.240 e. The SMILES string of the molecule is CC.CC.CS(=O)(=O)c1nccc(-c2c(-c3ccccc3)nn3ccccc23)n1. The van der Waals surface area contributed by atoms with Crippen LogP contribution >= 0.6 is 0 Å². The lowest BCUT2D eigenvalue weighted by Gasteiger charge is -2.04. The average molecular weight is 411 g/mol. The second kappa shape index (κ2) is 9.93. The fourth-order valence-corrected chi connectivity index (χ4v) is 3.22. The lowest BCUT2D eigenvalue weighted by molar-refractivity contribution is 0.593. The fourth-order valence-electron chi connectivity index (χ4n) is 2.71. The molecule has 0 amide bonds. The number of rotatable bonds is 3. The van der Waals surface area contributed by atoms with Gasteiger partial charge < -0.3 is 0 Å². The highest BCUT2D eigenvalue weighted by atomic mass is 32.2. The van der Waals surface area contributed by atoms with E-state index < -0.39 is 9.84 Å². The first-order valence-electron chi connectivity index (χ1n) is 9.60. The lowest BCUT2D eigenvalue weighted by atomic mass is 10.0. The predicted molar refractivity (Wildman–Crippen MR) is 117 cm³/mol. The number of aromatic nitrogens is 4. The lowest BCUT2D eigenvalue weighted by Crippen LogP contribution is -2.04. The van der Waals surface area contributed by atoms with Gasteiger partial charge in [0.15, 0.2) is 0 Å². The van der Waals surface area contributed by atoms with Crippen LogP contribution in [0.25, 0.3) is 28.0 Å². The van der Waals surface area contributed by atoms with Gasteiger partial charge in [-0.1, -0.05) is 64.1 Å². The van der Waals surface area contributed by atoms with E-state index in [-0.39, 0.29) is 5.16 Å². The van der Waals surface area contributed by atoms with Gasteiger partial charge in [0.1, 0.15) is 5.69 Å². The second-order valence-electron chi connectivity index (χ2n) is 5.62. The maximum Gasteiger partial charge on any atom is 0.247 e. The molecule has 0 radical (unpaired) electrons. The highest BCUT2D eigenvalue weighted by Crippen LogP contribution is 2.34. The molecule has 7 heteroatoms. The van der Waals surface area contributed by atoms with Gasteiger partial charge in [0.2, 0.25) is 15.0 Å². The van der Waals surface area contributed by atoms with Crippen molar-refractivity contribution in [2.45, 2.75) is 32.9 Å². The molecule has 3 heterocycles. The zero-order chi connectivity index (χ0) is 21.4. The summed E-state index contributed by atoms with van der Waals surface area (Å²) in [4.78, 5) is 8.15. The van der Waals surface area contributed by atoms with Crippen molar-refractivity contribution in [3.8, 4) is 22.5 Å². The van der Waals surface area contributed by atoms with E-state index in [1.165, 1.54) is 6.20 Å². The van der Waals surface area contributed by atoms with Gasteiger partial charge >= 0.3 is 0 Å². The molecular formula is C22H26N4O2S. The normalized spacial score (nSPS) is 10.5. The van der Waals surface area contributed by atoms with Crippen LogP contribution < -0.4 is 0 Å². The summed E-state index contributed by atoms with van der Waals surface area (Å²) in [6, 6.07) is 17.2. The Hall–Kier alpha value is -3.06. The van der Waals surface area contributed by atoms with Crippen molar-refractivity contribution < 1.29 is 8.42 Å². The topological polar surface area (TPSA) is 77.2 Å². The van der Waals surface area contributed by atoms with Crippen LogP contribution in [-0.4, -0.2) is 34.3 Å². The number of fused-ring (bicyclic) bond motifs is 1. The average Bonchev–Trinajstić information content (AvgIpc) is 3.16. The second-order valence-corrected chi connectivity index (χ2v) is 7.53. The Morgan fingerprint density at radius 3 is 2.17 bits per heavy atom. The molecule has 29 heavy (non-hydrogen) atoms. The molecule has 0 aliphatic carbocycles. The molecule has 3 aromatic heterocycles. The van der Waals surface area contributed by atoms with Gasteiger partial charge in [-0.05, 0) is 18.2 Å². The van der Waals surface area contributed by atoms with Crippen molar-refractivity contribution >= 4 is 15.4 Å². The zero-order valence-electron chi connectivity index (χ0n) is 17.4. The molecule has 0 saturated heterocycles. The molecule has 6 nitrogen and oxygen atoms in total. The van der Waals surface area contributed by atoms with Crippen LogP contribution in [0.15, 0.2) is 72.1 Å². The molecule has 4 rings (SSSR count). The van der Waals surface area contributed by atoms with Gasteiger partial charge in [0.05, 0.1) is 16.8 Å². The summed E-state index contributed by atoms with van der Waals surface area (Å²) in [5, 5.41) is 4.46. The third-order valence-corrected chi connectivity index (χ3v) is 4.67. The van der Waals surface area contributed by atoms with Gasteiger partial charge in [0, 0.05) is 24.2 Å². The zero-order valence-corrected chi connectivity index (χ0v) is 18.2. The number of hydrogen-bond donors (Lipinski definition) is 0. The number of benzene rings is 1. The molecule has 0 unspecified atom stereocenters. The fraction of sp³-hybridized carbons (Fsp3) is 0.227. The Kier molecular flexibility index (Phi) is 7.61. The summed E-state index contributed by atoms with van der Waals surface area (Å²) in [5.41, 5.74) is 3.82. The molecule has 1 aromatic carbocycles. The summed E-state index contributed by atoms with van der Waals surface area (Å²) in [7, 11) is -3.50. The Morgan fingerprint density at radius 1 is 0.862 bits per heavy atom. The Morgan fingerprint density at radius 2 is 1.52 bits per heavy atom. The van der Waals surface area contributed by atoms with Gasteiger partial charge in [-0.15, -0.1) is 0 Å². The van der Waals surface area contributed by atoms with E-state index in [0.29, 0.717) is 5.69 Å². The van der Waals surface area contributed by atoms with Gasteiger partial charge in [-0.2, -0.15) is 5.10 Å². The van der Waals surface area contributed by atoms with Crippen molar-refractivity contribution in [2.75, 3.05) is 6.26 Å². The van der Waals surface area contributed by atoms with E-state index in [9.17, 15) is 8.42 Å². The summed E-state index contributed by atoms with van der Waals surface area (Å²) in [6.07, 6.45) is 4.41. The van der Waals surface area contributed by atoms with Crippen LogP contribution in [0.2, 0.25) is 0 Å². The van der Waals surface area contributed by atoms with E-state index in [4.69, 9.17) is 0 Å². The molecule has 152 valence electrons. The highest BCUT2D eigenvalue weighted by Gasteiger charge is 2.19. The molecule has 0 N–H and O–H groups in total. The van der Waals surface area contributed by atoms with Crippen LogP contribution in [0.1, 0.15) is 27.7 Å². The minimum absolute atomic E-state index is 0.195. The standard InChI is InChI=1S/C18H14N4O2S.2C2H6/c1-25(23,24)18-19-11-10-14(20-18)16-15-9-5-6-12-22(15)21-17(16)13-7-3-2-4-8-13;2*1-2/h2-12H,1H3;2*1-2H3. The third-order valence-electron chi connectivity index (χ3n) is 3.81. The number of sulfone groups is 1. The van der Waals surface area contributed by atoms with Crippen molar-refractivity contribution in [2.24, 2.45) is 0 Å². The van der Waals surface area contributed by atoms with Crippen LogP contribution in [0.5, 0.6) is 0 Å². The third kappa shape index (κ3) is 4.86.